The summed E-state index contributed by atoms with van der Waals surface area (Å²) >= 11 is 0. The lowest BCUT2D eigenvalue weighted by atomic mass is 10.1. The molecule has 0 radical (unpaired) electrons. The number of amides is 1. The molecule has 0 aliphatic heterocycles. The largest absolute Gasteiger partial charge is 0.438 e. The summed E-state index contributed by atoms with van der Waals surface area (Å²) in [6.07, 6.45) is 1.27. The van der Waals surface area contributed by atoms with E-state index in [0.29, 0.717) is 5.69 Å². The zero-order chi connectivity index (χ0) is 12.4. The molecule has 4 heteroatoms. The molecule has 1 aromatic carbocycles. The average Bonchev–Trinajstić information content (AvgIpc) is 2.62. The van der Waals surface area contributed by atoms with Gasteiger partial charge in [-0.05, 0) is 44.0 Å². The number of aromatic nitrogens is 1. The van der Waals surface area contributed by atoms with Crippen molar-refractivity contribution in [3.8, 4) is 0 Å². The van der Waals surface area contributed by atoms with Gasteiger partial charge in [-0.15, -0.1) is 0 Å². The van der Waals surface area contributed by atoms with Crippen LogP contribution in [-0.2, 0) is 0 Å². The predicted octanol–water partition coefficient (Wildman–Crippen LogP) is 2.85. The molecule has 0 saturated carbocycles. The summed E-state index contributed by atoms with van der Waals surface area (Å²) < 4.78 is 5.04. The quantitative estimate of drug-likeness (QED) is 0.863. The van der Waals surface area contributed by atoms with Gasteiger partial charge < -0.3 is 9.73 Å². The summed E-state index contributed by atoms with van der Waals surface area (Å²) in [5.41, 5.74) is 3.57. The van der Waals surface area contributed by atoms with E-state index in [1.807, 2.05) is 26.0 Å². The standard InChI is InChI=1S/C13H14N2O2/c1-8-4-9(2)6-11(5-8)15-13(16)12-10(3)14-7-17-12/h4-7H,1-3H3,(H,15,16). The predicted molar refractivity (Wildman–Crippen MR) is 65.1 cm³/mol. The van der Waals surface area contributed by atoms with E-state index < -0.39 is 0 Å². The molecule has 1 aromatic heterocycles. The lowest BCUT2D eigenvalue weighted by Crippen LogP contribution is -2.12. The van der Waals surface area contributed by atoms with E-state index in [0.717, 1.165) is 16.8 Å². The molecule has 0 fully saturated rings. The van der Waals surface area contributed by atoms with Gasteiger partial charge in [0.1, 0.15) is 0 Å². The van der Waals surface area contributed by atoms with Crippen molar-refractivity contribution in [2.75, 3.05) is 5.32 Å². The fraction of sp³-hybridized carbons (Fsp3) is 0.231. The van der Waals surface area contributed by atoms with Crippen molar-refractivity contribution in [2.45, 2.75) is 20.8 Å². The minimum Gasteiger partial charge on any atom is -0.438 e. The van der Waals surface area contributed by atoms with Crippen LogP contribution < -0.4 is 5.32 Å². The molecule has 0 unspecified atom stereocenters. The van der Waals surface area contributed by atoms with Crippen molar-refractivity contribution in [3.63, 3.8) is 0 Å². The van der Waals surface area contributed by atoms with Crippen molar-refractivity contribution in [1.29, 1.82) is 0 Å². The lowest BCUT2D eigenvalue weighted by molar-refractivity contribution is 0.0996. The molecule has 2 aromatic rings. The van der Waals surface area contributed by atoms with Crippen molar-refractivity contribution in [2.24, 2.45) is 0 Å². The molecule has 88 valence electrons. The first kappa shape index (κ1) is 11.4. The number of anilines is 1. The third-order valence-corrected chi connectivity index (χ3v) is 2.43. The highest BCUT2D eigenvalue weighted by Crippen LogP contribution is 2.15. The van der Waals surface area contributed by atoms with E-state index in [4.69, 9.17) is 4.42 Å². The SMILES string of the molecule is Cc1cc(C)cc(NC(=O)c2ocnc2C)c1. The minimum absolute atomic E-state index is 0.254. The molecule has 0 saturated heterocycles. The normalized spacial score (nSPS) is 10.3. The van der Waals surface area contributed by atoms with Gasteiger partial charge in [0.15, 0.2) is 6.39 Å². The Hall–Kier alpha value is -2.10. The first-order valence-corrected chi connectivity index (χ1v) is 5.36. The van der Waals surface area contributed by atoms with Crippen LogP contribution in [0.15, 0.2) is 29.0 Å². The highest BCUT2D eigenvalue weighted by Gasteiger charge is 2.13. The number of hydrogen-bond donors (Lipinski definition) is 1. The molecular weight excluding hydrogens is 216 g/mol. The van der Waals surface area contributed by atoms with E-state index in [1.54, 1.807) is 6.92 Å². The van der Waals surface area contributed by atoms with Crippen LogP contribution in [0.5, 0.6) is 0 Å². The number of nitrogens with one attached hydrogen (secondary N) is 1. The van der Waals surface area contributed by atoms with Gasteiger partial charge in [0, 0.05) is 5.69 Å². The maximum Gasteiger partial charge on any atom is 0.293 e. The molecule has 0 bridgehead atoms. The van der Waals surface area contributed by atoms with E-state index >= 15 is 0 Å². The van der Waals surface area contributed by atoms with Gasteiger partial charge in [-0.1, -0.05) is 6.07 Å². The van der Waals surface area contributed by atoms with Crippen molar-refractivity contribution < 1.29 is 9.21 Å². The first-order valence-electron chi connectivity index (χ1n) is 5.36. The third-order valence-electron chi connectivity index (χ3n) is 2.43. The van der Waals surface area contributed by atoms with Crippen LogP contribution in [-0.4, -0.2) is 10.9 Å². The van der Waals surface area contributed by atoms with Gasteiger partial charge in [0.25, 0.3) is 5.91 Å². The van der Waals surface area contributed by atoms with E-state index in [2.05, 4.69) is 16.4 Å². The summed E-state index contributed by atoms with van der Waals surface area (Å²) in [5.74, 6) is -0.0193. The second-order valence-electron chi connectivity index (χ2n) is 4.10. The van der Waals surface area contributed by atoms with Crippen LogP contribution in [0.25, 0.3) is 0 Å². The Morgan fingerprint density at radius 1 is 1.18 bits per heavy atom. The van der Waals surface area contributed by atoms with Crippen LogP contribution in [0.3, 0.4) is 0 Å². The monoisotopic (exact) mass is 230 g/mol. The molecule has 0 aliphatic carbocycles. The molecule has 0 aliphatic rings. The highest BCUT2D eigenvalue weighted by atomic mass is 16.3. The summed E-state index contributed by atoms with van der Waals surface area (Å²) in [7, 11) is 0. The molecule has 1 heterocycles. The Kier molecular flexibility index (Phi) is 2.95. The van der Waals surface area contributed by atoms with Gasteiger partial charge in [-0.3, -0.25) is 4.79 Å². The third kappa shape index (κ3) is 2.53. The van der Waals surface area contributed by atoms with Gasteiger partial charge in [0.2, 0.25) is 5.76 Å². The van der Waals surface area contributed by atoms with Gasteiger partial charge in [-0.2, -0.15) is 0 Å². The molecule has 1 amide bonds. The highest BCUT2D eigenvalue weighted by molar-refractivity contribution is 6.02. The van der Waals surface area contributed by atoms with Crippen LogP contribution in [0.1, 0.15) is 27.4 Å². The van der Waals surface area contributed by atoms with Crippen molar-refractivity contribution in [3.05, 3.63) is 47.2 Å². The molecule has 0 atom stereocenters. The van der Waals surface area contributed by atoms with Crippen molar-refractivity contribution >= 4 is 11.6 Å². The Bertz CT molecular complexity index is 538. The van der Waals surface area contributed by atoms with Crippen molar-refractivity contribution in [1.82, 2.24) is 4.98 Å². The number of carbonyl (C=O) groups is 1. The number of benzene rings is 1. The fourth-order valence-corrected chi connectivity index (χ4v) is 1.75. The summed E-state index contributed by atoms with van der Waals surface area (Å²) in [6, 6.07) is 5.88. The van der Waals surface area contributed by atoms with Crippen LogP contribution in [0.2, 0.25) is 0 Å². The number of nitrogens with zero attached hydrogens (tertiary/aromatic N) is 1. The number of oxazole rings is 1. The summed E-state index contributed by atoms with van der Waals surface area (Å²) in [6.45, 7) is 5.71. The fourth-order valence-electron chi connectivity index (χ4n) is 1.75. The zero-order valence-corrected chi connectivity index (χ0v) is 10.1. The smallest absolute Gasteiger partial charge is 0.293 e. The second-order valence-corrected chi connectivity index (χ2v) is 4.10. The van der Waals surface area contributed by atoms with E-state index in [-0.39, 0.29) is 11.7 Å². The lowest BCUT2D eigenvalue weighted by Gasteiger charge is -2.06. The maximum absolute atomic E-state index is 11.9. The molecule has 1 N–H and O–H groups in total. The first-order chi connectivity index (χ1) is 8.06. The Morgan fingerprint density at radius 2 is 1.82 bits per heavy atom. The number of aryl methyl sites for hydroxylation is 3. The van der Waals surface area contributed by atoms with Crippen LogP contribution in [0, 0.1) is 20.8 Å². The molecular formula is C13H14N2O2. The molecule has 2 rings (SSSR count). The van der Waals surface area contributed by atoms with Gasteiger partial charge in [-0.25, -0.2) is 4.98 Å². The minimum atomic E-state index is -0.273. The molecule has 4 nitrogen and oxygen atoms in total. The van der Waals surface area contributed by atoms with Gasteiger partial charge >= 0.3 is 0 Å². The average molecular weight is 230 g/mol. The number of carbonyl (C=O) groups excluding carboxylic acids is 1. The summed E-state index contributed by atoms with van der Waals surface area (Å²) in [4.78, 5) is 15.8. The number of hydrogen-bond acceptors (Lipinski definition) is 3. The molecule has 17 heavy (non-hydrogen) atoms. The number of rotatable bonds is 2. The van der Waals surface area contributed by atoms with Crippen LogP contribution in [0.4, 0.5) is 5.69 Å². The van der Waals surface area contributed by atoms with Gasteiger partial charge in [0.05, 0.1) is 5.69 Å². The van der Waals surface area contributed by atoms with E-state index in [1.165, 1.54) is 6.39 Å². The Balaban J connectivity index is 2.21. The topological polar surface area (TPSA) is 55.1 Å². The molecule has 0 spiro atoms. The Morgan fingerprint density at radius 3 is 2.35 bits per heavy atom. The van der Waals surface area contributed by atoms with E-state index in [9.17, 15) is 4.79 Å². The zero-order valence-electron chi connectivity index (χ0n) is 10.1. The Labute approximate surface area is 99.7 Å². The maximum atomic E-state index is 11.9. The second kappa shape index (κ2) is 4.41. The summed E-state index contributed by atoms with van der Waals surface area (Å²) in [5, 5.41) is 2.79. The van der Waals surface area contributed by atoms with Crippen LogP contribution >= 0.6 is 0 Å².